The Hall–Kier alpha value is -0.970. The topological polar surface area (TPSA) is 72.7 Å². The first kappa shape index (κ1) is 17.0. The van der Waals surface area contributed by atoms with Crippen LogP contribution in [-0.4, -0.2) is 27.9 Å². The van der Waals surface area contributed by atoms with E-state index in [4.69, 9.17) is 5.11 Å². The van der Waals surface area contributed by atoms with Crippen molar-refractivity contribution in [1.82, 2.24) is 5.32 Å². The summed E-state index contributed by atoms with van der Waals surface area (Å²) in [4.78, 5) is 0. The molecular weight excluding hydrogens is 254 g/mol. The Bertz CT molecular complexity index is 358. The van der Waals surface area contributed by atoms with E-state index in [1.54, 1.807) is 6.07 Å². The lowest BCUT2D eigenvalue weighted by atomic mass is 10.0. The Morgan fingerprint density at radius 1 is 1.17 bits per heavy atom. The van der Waals surface area contributed by atoms with Crippen LogP contribution in [0.5, 0.6) is 11.5 Å². The van der Waals surface area contributed by atoms with Crippen molar-refractivity contribution < 1.29 is 15.3 Å². The second-order valence-electron chi connectivity index (χ2n) is 4.52. The van der Waals surface area contributed by atoms with E-state index in [1.807, 2.05) is 0 Å². The molecule has 4 N–H and O–H groups in total. The molecule has 0 aliphatic heterocycles. The van der Waals surface area contributed by atoms with E-state index in [0.717, 1.165) is 13.0 Å². The maximum Gasteiger partial charge on any atom is 0.157 e. The van der Waals surface area contributed by atoms with Gasteiger partial charge in [0.15, 0.2) is 11.5 Å². The average Bonchev–Trinajstić information content (AvgIpc) is 2.27. The minimum absolute atomic E-state index is 0. The number of rotatable bonds is 6. The first-order valence-corrected chi connectivity index (χ1v) is 5.94. The van der Waals surface area contributed by atoms with Crippen molar-refractivity contribution in [2.45, 2.75) is 38.8 Å². The number of hydrogen-bond acceptors (Lipinski definition) is 4. The number of phenols is 2. The number of aliphatic hydroxyl groups is 1. The van der Waals surface area contributed by atoms with Crippen molar-refractivity contribution in [3.05, 3.63) is 23.8 Å². The van der Waals surface area contributed by atoms with Crippen LogP contribution in [0.1, 0.15) is 38.4 Å². The van der Waals surface area contributed by atoms with Crippen molar-refractivity contribution in [3.63, 3.8) is 0 Å². The number of benzene rings is 1. The van der Waals surface area contributed by atoms with E-state index in [9.17, 15) is 10.2 Å². The molecule has 0 aliphatic carbocycles. The highest BCUT2D eigenvalue weighted by Crippen LogP contribution is 2.29. The Labute approximate surface area is 114 Å². The van der Waals surface area contributed by atoms with E-state index in [1.165, 1.54) is 12.1 Å². The molecule has 0 heterocycles. The summed E-state index contributed by atoms with van der Waals surface area (Å²) in [5, 5.41) is 31.6. The molecule has 1 aromatic rings. The maximum absolute atomic E-state index is 9.88. The van der Waals surface area contributed by atoms with Crippen molar-refractivity contribution in [1.29, 1.82) is 0 Å². The average molecular weight is 276 g/mol. The van der Waals surface area contributed by atoms with Crippen molar-refractivity contribution in [2.24, 2.45) is 0 Å². The molecule has 1 aromatic carbocycles. The predicted octanol–water partition coefficient (Wildman–Crippen LogP) is 2.33. The van der Waals surface area contributed by atoms with Crippen LogP contribution in [0.25, 0.3) is 0 Å². The monoisotopic (exact) mass is 275 g/mol. The summed E-state index contributed by atoms with van der Waals surface area (Å²) in [6.45, 7) is 5.02. The van der Waals surface area contributed by atoms with Crippen LogP contribution in [0, 0.1) is 0 Å². The highest BCUT2D eigenvalue weighted by Gasteiger charge is 2.09. The van der Waals surface area contributed by atoms with Gasteiger partial charge < -0.3 is 20.6 Å². The smallest absolute Gasteiger partial charge is 0.157 e. The summed E-state index contributed by atoms with van der Waals surface area (Å²) in [5.41, 5.74) is 0.629. The molecule has 0 saturated carbocycles. The van der Waals surface area contributed by atoms with Gasteiger partial charge in [-0.3, -0.25) is 0 Å². The zero-order valence-electron chi connectivity index (χ0n) is 10.8. The Kier molecular flexibility index (Phi) is 7.75. The summed E-state index contributed by atoms with van der Waals surface area (Å²) >= 11 is 0. The maximum atomic E-state index is 9.88. The molecule has 18 heavy (non-hydrogen) atoms. The molecule has 0 bridgehead atoms. The fourth-order valence-corrected chi connectivity index (χ4v) is 1.60. The zero-order chi connectivity index (χ0) is 12.8. The molecule has 1 rings (SSSR count). The molecule has 4 nitrogen and oxygen atoms in total. The lowest BCUT2D eigenvalue weighted by molar-refractivity contribution is 0.163. The lowest BCUT2D eigenvalue weighted by Gasteiger charge is -2.13. The minimum atomic E-state index is -0.601. The molecule has 0 radical (unpaired) electrons. The molecule has 0 aliphatic rings. The molecule has 1 unspecified atom stereocenters. The standard InChI is InChI=1S/C13H21NO3.ClH/c1-9(2)14-7-3-4-11(15)10-5-6-12(16)13(17)8-10;/h5-6,8-9,11,14-17H,3-4,7H2,1-2H3;1H. The van der Waals surface area contributed by atoms with Gasteiger partial charge in [-0.25, -0.2) is 0 Å². The van der Waals surface area contributed by atoms with E-state index in [2.05, 4.69) is 19.2 Å². The normalized spacial score (nSPS) is 12.2. The van der Waals surface area contributed by atoms with Gasteiger partial charge in [-0.15, -0.1) is 12.4 Å². The van der Waals surface area contributed by atoms with Crippen LogP contribution >= 0.6 is 12.4 Å². The Balaban J connectivity index is 0.00000289. The summed E-state index contributed by atoms with van der Waals surface area (Å²) in [5.74, 6) is -0.357. The van der Waals surface area contributed by atoms with Gasteiger partial charge in [-0.2, -0.15) is 0 Å². The Morgan fingerprint density at radius 2 is 1.83 bits per heavy atom. The third-order valence-corrected chi connectivity index (χ3v) is 2.59. The van der Waals surface area contributed by atoms with Gasteiger partial charge in [-0.1, -0.05) is 19.9 Å². The van der Waals surface area contributed by atoms with E-state index < -0.39 is 6.10 Å². The number of nitrogens with one attached hydrogen (secondary N) is 1. The van der Waals surface area contributed by atoms with Crippen LogP contribution in [0.4, 0.5) is 0 Å². The van der Waals surface area contributed by atoms with Crippen LogP contribution in [0.15, 0.2) is 18.2 Å². The second-order valence-corrected chi connectivity index (χ2v) is 4.52. The molecule has 0 amide bonds. The highest BCUT2D eigenvalue weighted by atomic mass is 35.5. The molecule has 0 saturated heterocycles. The quantitative estimate of drug-likeness (QED) is 0.475. The molecular formula is C13H22ClNO3. The van der Waals surface area contributed by atoms with Crippen molar-refractivity contribution in [2.75, 3.05) is 6.54 Å². The summed E-state index contributed by atoms with van der Waals surface area (Å²) in [6, 6.07) is 4.86. The number of aromatic hydroxyl groups is 2. The molecule has 104 valence electrons. The minimum Gasteiger partial charge on any atom is -0.504 e. The summed E-state index contributed by atoms with van der Waals surface area (Å²) in [7, 11) is 0. The first-order valence-electron chi connectivity index (χ1n) is 5.94. The Morgan fingerprint density at radius 3 is 2.39 bits per heavy atom. The third kappa shape index (κ3) is 5.58. The predicted molar refractivity (Wildman–Crippen MR) is 74.4 cm³/mol. The van der Waals surface area contributed by atoms with Crippen LogP contribution < -0.4 is 5.32 Å². The summed E-state index contributed by atoms with van der Waals surface area (Å²) < 4.78 is 0. The SMILES string of the molecule is CC(C)NCCCC(O)c1ccc(O)c(O)c1.Cl. The number of phenolic OH excluding ortho intramolecular Hbond substituents is 2. The second kappa shape index (κ2) is 8.19. The van der Waals surface area contributed by atoms with Gasteiger partial charge in [0.1, 0.15) is 0 Å². The van der Waals surface area contributed by atoms with E-state index in [-0.39, 0.29) is 23.9 Å². The number of halogens is 1. The van der Waals surface area contributed by atoms with Gasteiger partial charge in [0.2, 0.25) is 0 Å². The molecule has 0 aromatic heterocycles. The van der Waals surface area contributed by atoms with E-state index in [0.29, 0.717) is 18.0 Å². The van der Waals surface area contributed by atoms with Gasteiger partial charge in [-0.05, 0) is 37.1 Å². The number of aliphatic hydroxyl groups excluding tert-OH is 1. The largest absolute Gasteiger partial charge is 0.504 e. The number of hydrogen-bond donors (Lipinski definition) is 4. The molecule has 1 atom stereocenters. The highest BCUT2D eigenvalue weighted by molar-refractivity contribution is 5.85. The van der Waals surface area contributed by atoms with Crippen LogP contribution in [0.3, 0.4) is 0 Å². The van der Waals surface area contributed by atoms with Gasteiger partial charge in [0.25, 0.3) is 0 Å². The fourth-order valence-electron chi connectivity index (χ4n) is 1.60. The fraction of sp³-hybridized carbons (Fsp3) is 0.538. The molecule has 0 spiro atoms. The van der Waals surface area contributed by atoms with Crippen LogP contribution in [-0.2, 0) is 0 Å². The molecule has 5 heteroatoms. The van der Waals surface area contributed by atoms with Crippen LogP contribution in [0.2, 0.25) is 0 Å². The van der Waals surface area contributed by atoms with Crippen molar-refractivity contribution >= 4 is 12.4 Å². The molecule has 0 fully saturated rings. The van der Waals surface area contributed by atoms with Gasteiger partial charge in [0.05, 0.1) is 6.10 Å². The summed E-state index contributed by atoms with van der Waals surface area (Å²) in [6.07, 6.45) is 0.890. The van der Waals surface area contributed by atoms with Crippen molar-refractivity contribution in [3.8, 4) is 11.5 Å². The lowest BCUT2D eigenvalue weighted by Crippen LogP contribution is -2.23. The van der Waals surface area contributed by atoms with E-state index >= 15 is 0 Å². The van der Waals surface area contributed by atoms with Gasteiger partial charge in [0, 0.05) is 6.04 Å². The van der Waals surface area contributed by atoms with Gasteiger partial charge >= 0.3 is 0 Å². The zero-order valence-corrected chi connectivity index (χ0v) is 11.6. The first-order chi connectivity index (χ1) is 8.00. The third-order valence-electron chi connectivity index (χ3n) is 2.59.